The molecule has 0 radical (unpaired) electrons. The van der Waals surface area contributed by atoms with Crippen molar-refractivity contribution in [2.75, 3.05) is 6.54 Å². The molecule has 2 aromatic carbocycles. The third-order valence-electron chi connectivity index (χ3n) is 4.39. The number of carbonyl (C=O) groups is 2. The fourth-order valence-corrected chi connectivity index (χ4v) is 3.62. The molecule has 0 aliphatic carbocycles. The van der Waals surface area contributed by atoms with Crippen LogP contribution in [0.25, 0.3) is 0 Å². The van der Waals surface area contributed by atoms with Crippen LogP contribution in [0.15, 0.2) is 42.5 Å². The lowest BCUT2D eigenvalue weighted by atomic mass is 10.1. The average molecular weight is 442 g/mol. The topological polar surface area (TPSA) is 49.4 Å². The molecule has 0 aliphatic heterocycles. The number of carbonyl (C=O) groups excluding carboxylic acids is 2. The number of hydrogen-bond donors (Lipinski definition) is 1. The smallest absolute Gasteiger partial charge is 0.242 e. The highest BCUT2D eigenvalue weighted by Gasteiger charge is 2.29. The standard InChI is InChI=1S/C21H23Cl3N2O2/c1-3-19(21(28)25-4-2)26(13-15-9-10-16(22)12-18(15)24)20(27)11-14-7-5-6-8-17(14)23/h5-10,12,19H,3-4,11,13H2,1-2H3,(H,25,28)/t19-/m1/s1. The van der Waals surface area contributed by atoms with Gasteiger partial charge in [-0.05, 0) is 42.7 Å². The van der Waals surface area contributed by atoms with Crippen molar-refractivity contribution in [3.63, 3.8) is 0 Å². The van der Waals surface area contributed by atoms with Crippen molar-refractivity contribution in [1.29, 1.82) is 0 Å². The van der Waals surface area contributed by atoms with Gasteiger partial charge in [0.2, 0.25) is 11.8 Å². The van der Waals surface area contributed by atoms with E-state index in [1.54, 1.807) is 35.2 Å². The Morgan fingerprint density at radius 3 is 2.32 bits per heavy atom. The highest BCUT2D eigenvalue weighted by molar-refractivity contribution is 6.35. The van der Waals surface area contributed by atoms with Crippen LogP contribution in [0.2, 0.25) is 15.1 Å². The highest BCUT2D eigenvalue weighted by Crippen LogP contribution is 2.25. The van der Waals surface area contributed by atoms with Gasteiger partial charge in [-0.1, -0.05) is 66.0 Å². The second-order valence-electron chi connectivity index (χ2n) is 6.34. The summed E-state index contributed by atoms with van der Waals surface area (Å²) in [6, 6.07) is 11.7. The van der Waals surface area contributed by atoms with Crippen molar-refractivity contribution in [1.82, 2.24) is 10.2 Å². The van der Waals surface area contributed by atoms with Gasteiger partial charge in [0.1, 0.15) is 6.04 Å². The number of halogens is 3. The molecule has 0 aliphatic rings. The van der Waals surface area contributed by atoms with Crippen LogP contribution in [0.3, 0.4) is 0 Å². The van der Waals surface area contributed by atoms with Crippen LogP contribution >= 0.6 is 34.8 Å². The first-order chi connectivity index (χ1) is 13.4. The van der Waals surface area contributed by atoms with Crippen LogP contribution in [0.5, 0.6) is 0 Å². The van der Waals surface area contributed by atoms with Crippen LogP contribution in [0.4, 0.5) is 0 Å². The van der Waals surface area contributed by atoms with Crippen molar-refractivity contribution in [3.05, 3.63) is 68.7 Å². The van der Waals surface area contributed by atoms with Gasteiger partial charge in [0.15, 0.2) is 0 Å². The van der Waals surface area contributed by atoms with E-state index in [-0.39, 0.29) is 24.8 Å². The molecule has 0 unspecified atom stereocenters. The maximum absolute atomic E-state index is 13.2. The molecule has 2 amide bonds. The number of nitrogens with one attached hydrogen (secondary N) is 1. The predicted octanol–water partition coefficient (Wildman–Crippen LogP) is 5.13. The number of nitrogens with zero attached hydrogens (tertiary/aromatic N) is 1. The molecule has 4 nitrogen and oxygen atoms in total. The van der Waals surface area contributed by atoms with Crippen LogP contribution in [-0.2, 0) is 22.6 Å². The van der Waals surface area contributed by atoms with Crippen molar-refractivity contribution in [2.24, 2.45) is 0 Å². The van der Waals surface area contributed by atoms with E-state index in [0.717, 1.165) is 5.56 Å². The summed E-state index contributed by atoms with van der Waals surface area (Å²) in [4.78, 5) is 27.3. The minimum Gasteiger partial charge on any atom is -0.355 e. The average Bonchev–Trinajstić information content (AvgIpc) is 2.65. The summed E-state index contributed by atoms with van der Waals surface area (Å²) in [5.74, 6) is -0.389. The van der Waals surface area contributed by atoms with Gasteiger partial charge in [-0.2, -0.15) is 0 Å². The summed E-state index contributed by atoms with van der Waals surface area (Å²) in [6.07, 6.45) is 0.575. The largest absolute Gasteiger partial charge is 0.355 e. The van der Waals surface area contributed by atoms with Crippen molar-refractivity contribution < 1.29 is 9.59 Å². The summed E-state index contributed by atoms with van der Waals surface area (Å²) in [6.45, 7) is 4.41. The molecule has 0 bridgehead atoms. The molecule has 0 heterocycles. The Kier molecular flexibility index (Phi) is 8.61. The van der Waals surface area contributed by atoms with E-state index in [1.807, 2.05) is 26.0 Å². The molecule has 2 rings (SSSR count). The number of benzene rings is 2. The summed E-state index contributed by atoms with van der Waals surface area (Å²) in [7, 11) is 0. The minimum atomic E-state index is -0.610. The fourth-order valence-electron chi connectivity index (χ4n) is 2.95. The Balaban J connectivity index is 2.35. The zero-order chi connectivity index (χ0) is 20.7. The molecule has 0 spiro atoms. The number of likely N-dealkylation sites (N-methyl/N-ethyl adjacent to an activating group) is 1. The Hall–Kier alpha value is -1.75. The van der Waals surface area contributed by atoms with Crippen LogP contribution in [0.1, 0.15) is 31.4 Å². The third kappa shape index (κ3) is 5.87. The minimum absolute atomic E-state index is 0.0980. The Morgan fingerprint density at radius 2 is 1.71 bits per heavy atom. The summed E-state index contributed by atoms with van der Waals surface area (Å²) < 4.78 is 0. The zero-order valence-corrected chi connectivity index (χ0v) is 18.1. The van der Waals surface area contributed by atoms with Gasteiger partial charge in [-0.15, -0.1) is 0 Å². The molecule has 28 heavy (non-hydrogen) atoms. The molecule has 2 aromatic rings. The quantitative estimate of drug-likeness (QED) is 0.617. The molecule has 150 valence electrons. The van der Waals surface area contributed by atoms with E-state index >= 15 is 0 Å². The number of amides is 2. The van der Waals surface area contributed by atoms with Crippen LogP contribution in [0, 0.1) is 0 Å². The second kappa shape index (κ2) is 10.7. The SMILES string of the molecule is CCNC(=O)[C@@H](CC)N(Cc1ccc(Cl)cc1Cl)C(=O)Cc1ccccc1Cl. The first kappa shape index (κ1) is 22.5. The third-order valence-corrected chi connectivity index (χ3v) is 5.35. The lowest BCUT2D eigenvalue weighted by Crippen LogP contribution is -2.49. The van der Waals surface area contributed by atoms with Gasteiger partial charge in [0.05, 0.1) is 6.42 Å². The number of rotatable bonds is 8. The summed E-state index contributed by atoms with van der Waals surface area (Å²) in [5, 5.41) is 4.29. The highest BCUT2D eigenvalue weighted by atomic mass is 35.5. The van der Waals surface area contributed by atoms with Gasteiger partial charge in [-0.25, -0.2) is 0 Å². The Bertz CT molecular complexity index is 842. The van der Waals surface area contributed by atoms with Crippen LogP contribution in [-0.4, -0.2) is 29.3 Å². The molecule has 0 aromatic heterocycles. The first-order valence-electron chi connectivity index (χ1n) is 9.11. The molecule has 1 atom stereocenters. The maximum atomic E-state index is 13.2. The lowest BCUT2D eigenvalue weighted by molar-refractivity contribution is -0.140. The van der Waals surface area contributed by atoms with Gasteiger partial charge < -0.3 is 10.2 Å². The molecule has 1 N–H and O–H groups in total. The molecular weight excluding hydrogens is 419 g/mol. The van der Waals surface area contributed by atoms with Crippen molar-refractivity contribution >= 4 is 46.6 Å². The molecule has 0 saturated heterocycles. The van der Waals surface area contributed by atoms with E-state index in [4.69, 9.17) is 34.8 Å². The monoisotopic (exact) mass is 440 g/mol. The molecule has 0 fully saturated rings. The first-order valence-corrected chi connectivity index (χ1v) is 10.2. The maximum Gasteiger partial charge on any atom is 0.242 e. The zero-order valence-electron chi connectivity index (χ0n) is 15.8. The molecule has 7 heteroatoms. The van der Waals surface area contributed by atoms with E-state index in [1.165, 1.54) is 0 Å². The van der Waals surface area contributed by atoms with Gasteiger partial charge >= 0.3 is 0 Å². The van der Waals surface area contributed by atoms with Crippen molar-refractivity contribution in [3.8, 4) is 0 Å². The summed E-state index contributed by atoms with van der Waals surface area (Å²) in [5.41, 5.74) is 1.44. The van der Waals surface area contributed by atoms with Gasteiger partial charge in [0.25, 0.3) is 0 Å². The Labute approximate surface area is 180 Å². The molecule has 0 saturated carbocycles. The Morgan fingerprint density at radius 1 is 1.00 bits per heavy atom. The predicted molar refractivity (Wildman–Crippen MR) is 115 cm³/mol. The van der Waals surface area contributed by atoms with Crippen molar-refractivity contribution in [2.45, 2.75) is 39.3 Å². The van der Waals surface area contributed by atoms with Gasteiger partial charge in [-0.3, -0.25) is 9.59 Å². The van der Waals surface area contributed by atoms with Gasteiger partial charge in [0, 0.05) is 28.2 Å². The van der Waals surface area contributed by atoms with E-state index < -0.39 is 6.04 Å². The van der Waals surface area contributed by atoms with Crippen LogP contribution < -0.4 is 5.32 Å². The van der Waals surface area contributed by atoms with E-state index in [0.29, 0.717) is 33.6 Å². The lowest BCUT2D eigenvalue weighted by Gasteiger charge is -2.31. The number of hydrogen-bond acceptors (Lipinski definition) is 2. The second-order valence-corrected chi connectivity index (χ2v) is 7.60. The normalized spacial score (nSPS) is 11.8. The van der Waals surface area contributed by atoms with E-state index in [2.05, 4.69) is 5.32 Å². The summed E-state index contributed by atoms with van der Waals surface area (Å²) >= 11 is 18.5. The fraction of sp³-hybridized carbons (Fsp3) is 0.333. The molecular formula is C21H23Cl3N2O2. The van der Waals surface area contributed by atoms with E-state index in [9.17, 15) is 9.59 Å².